The van der Waals surface area contributed by atoms with E-state index in [2.05, 4.69) is 0 Å². The topological polar surface area (TPSA) is 106 Å². The maximum Gasteiger partial charge on any atom is 0.475 e. The highest BCUT2D eigenvalue weighted by Gasteiger charge is 2.37. The minimum Gasteiger partial charge on any atom is -0.492 e. The molecule has 0 aliphatic heterocycles. The average Bonchev–Trinajstić information content (AvgIpc) is 2.73. The Balaban J connectivity index is 1.90. The zero-order valence-corrected chi connectivity index (χ0v) is 21.7. The predicted octanol–water partition coefficient (Wildman–Crippen LogP) is 5.39. The molecule has 0 aliphatic rings. The summed E-state index contributed by atoms with van der Waals surface area (Å²) in [5.41, 5.74) is 5.09. The molecule has 34 heavy (non-hydrogen) atoms. The van der Waals surface area contributed by atoms with Gasteiger partial charge in [0.1, 0.15) is 24.7 Å². The molecule has 8 nitrogen and oxygen atoms in total. The van der Waals surface area contributed by atoms with Gasteiger partial charge < -0.3 is 15.2 Å². The Bertz CT molecular complexity index is 941. The van der Waals surface area contributed by atoms with Crippen LogP contribution in [0.25, 0.3) is 0 Å². The molecule has 0 atom stereocenters. The summed E-state index contributed by atoms with van der Waals surface area (Å²) >= 11 is 0. The van der Waals surface area contributed by atoms with Crippen molar-refractivity contribution in [1.29, 1.82) is 0 Å². The first-order valence-corrected chi connectivity index (χ1v) is 12.6. The van der Waals surface area contributed by atoms with Crippen molar-refractivity contribution in [2.45, 2.75) is 52.7 Å². The zero-order valence-electron chi connectivity index (χ0n) is 20.8. The minimum absolute atomic E-state index is 0.00267. The third-order valence-corrected chi connectivity index (χ3v) is 6.03. The first-order chi connectivity index (χ1) is 15.8. The van der Waals surface area contributed by atoms with Crippen LogP contribution in [0.4, 0.5) is 0 Å². The summed E-state index contributed by atoms with van der Waals surface area (Å²) in [5.74, 6) is 1.10. The van der Waals surface area contributed by atoms with Gasteiger partial charge in [-0.25, -0.2) is 4.57 Å². The molecule has 0 heterocycles. The van der Waals surface area contributed by atoms with Gasteiger partial charge in [0.15, 0.2) is 5.78 Å². The molecule has 0 unspecified atom stereocenters. The fraction of sp³-hybridized carbons (Fsp3) is 0.480. The Morgan fingerprint density at radius 3 is 1.53 bits per heavy atom. The van der Waals surface area contributed by atoms with Crippen molar-refractivity contribution in [3.8, 4) is 11.5 Å². The third-order valence-electron chi connectivity index (χ3n) is 3.99. The Morgan fingerprint density at radius 1 is 0.735 bits per heavy atom. The SMILES string of the molecule is CC(C)(C)OP(=O)(OCCOc1ccc(C(=O)c2ccc(OCCN)cc2)cc1)OC(C)(C)C. The molecule has 2 rings (SSSR count). The number of nitrogens with two attached hydrogens (primary N) is 1. The first-order valence-electron chi connectivity index (χ1n) is 11.2. The highest BCUT2D eigenvalue weighted by molar-refractivity contribution is 7.48. The van der Waals surface area contributed by atoms with Crippen molar-refractivity contribution >= 4 is 13.6 Å². The lowest BCUT2D eigenvalue weighted by Gasteiger charge is -2.30. The summed E-state index contributed by atoms with van der Waals surface area (Å²) in [6.45, 7) is 11.6. The van der Waals surface area contributed by atoms with Gasteiger partial charge in [0.25, 0.3) is 0 Å². The Morgan fingerprint density at radius 2 is 1.15 bits per heavy atom. The molecular weight excluding hydrogens is 457 g/mol. The Hall–Kier alpha value is -2.22. The molecule has 0 bridgehead atoms. The van der Waals surface area contributed by atoms with Crippen LogP contribution in [0.3, 0.4) is 0 Å². The molecule has 2 aromatic rings. The summed E-state index contributed by atoms with van der Waals surface area (Å²) in [5, 5.41) is 0. The molecule has 9 heteroatoms. The second-order valence-electron chi connectivity index (χ2n) is 9.55. The zero-order chi connectivity index (χ0) is 25.4. The molecule has 0 radical (unpaired) electrons. The van der Waals surface area contributed by atoms with Crippen LogP contribution in [-0.4, -0.2) is 43.4 Å². The van der Waals surface area contributed by atoms with E-state index in [0.29, 0.717) is 35.8 Å². The lowest BCUT2D eigenvalue weighted by molar-refractivity contribution is 0.000185. The predicted molar refractivity (Wildman–Crippen MR) is 132 cm³/mol. The van der Waals surface area contributed by atoms with Crippen molar-refractivity contribution in [2.75, 3.05) is 26.4 Å². The smallest absolute Gasteiger partial charge is 0.475 e. The molecule has 0 saturated carbocycles. The van der Waals surface area contributed by atoms with Crippen molar-refractivity contribution in [3.63, 3.8) is 0 Å². The molecule has 2 N–H and O–H groups in total. The van der Waals surface area contributed by atoms with Gasteiger partial charge in [-0.3, -0.25) is 18.4 Å². The van der Waals surface area contributed by atoms with Crippen molar-refractivity contribution in [3.05, 3.63) is 59.7 Å². The van der Waals surface area contributed by atoms with Gasteiger partial charge in [0.2, 0.25) is 0 Å². The number of rotatable bonds is 12. The maximum atomic E-state index is 13.0. The van der Waals surface area contributed by atoms with E-state index in [4.69, 9.17) is 28.8 Å². The minimum atomic E-state index is -3.79. The molecule has 2 aromatic carbocycles. The number of ketones is 1. The number of carbonyl (C=O) groups excluding carboxylic acids is 1. The standard InChI is InChI=1S/C25H36NO7P/c1-24(2,3)32-34(28,33-25(4,5)6)31-18-17-30-22-13-9-20(10-14-22)23(27)19-7-11-21(12-8-19)29-16-15-26/h7-14H,15-18,26H2,1-6H3. The van der Waals surface area contributed by atoms with E-state index in [1.165, 1.54) is 0 Å². The van der Waals surface area contributed by atoms with E-state index in [0.717, 1.165) is 0 Å². The van der Waals surface area contributed by atoms with E-state index < -0.39 is 19.0 Å². The van der Waals surface area contributed by atoms with Crippen LogP contribution < -0.4 is 15.2 Å². The van der Waals surface area contributed by atoms with Crippen molar-refractivity contribution < 1.29 is 32.4 Å². The van der Waals surface area contributed by atoms with Crippen LogP contribution in [-0.2, 0) is 18.1 Å². The fourth-order valence-electron chi connectivity index (χ4n) is 2.80. The van der Waals surface area contributed by atoms with Gasteiger partial charge in [-0.05, 0) is 90.1 Å². The van der Waals surface area contributed by atoms with E-state index in [1.54, 1.807) is 90.1 Å². The number of carbonyl (C=O) groups is 1. The molecule has 188 valence electrons. The quantitative estimate of drug-likeness (QED) is 0.238. The van der Waals surface area contributed by atoms with E-state index in [1.807, 2.05) is 0 Å². The largest absolute Gasteiger partial charge is 0.492 e. The average molecular weight is 494 g/mol. The van der Waals surface area contributed by atoms with Gasteiger partial charge in [-0.1, -0.05) is 0 Å². The van der Waals surface area contributed by atoms with Crippen molar-refractivity contribution in [2.24, 2.45) is 5.73 Å². The summed E-state index contributed by atoms with van der Waals surface area (Å²) in [6, 6.07) is 13.7. The van der Waals surface area contributed by atoms with E-state index >= 15 is 0 Å². The Kier molecular flexibility index (Phi) is 9.85. The lowest BCUT2D eigenvalue weighted by Crippen LogP contribution is -2.25. The normalized spacial score (nSPS) is 12.4. The number of phosphoric ester groups is 1. The summed E-state index contributed by atoms with van der Waals surface area (Å²) in [4.78, 5) is 12.7. The Labute approximate surface area is 202 Å². The number of benzene rings is 2. The molecule has 0 aliphatic carbocycles. The highest BCUT2D eigenvalue weighted by Crippen LogP contribution is 2.55. The molecule has 0 fully saturated rings. The lowest BCUT2D eigenvalue weighted by atomic mass is 10.0. The number of ether oxygens (including phenoxy) is 2. The van der Waals surface area contributed by atoms with Gasteiger partial charge in [0, 0.05) is 17.7 Å². The van der Waals surface area contributed by atoms with Crippen LogP contribution in [0, 0.1) is 0 Å². The molecule has 0 spiro atoms. The van der Waals surface area contributed by atoms with E-state index in [-0.39, 0.29) is 19.0 Å². The monoisotopic (exact) mass is 493 g/mol. The number of phosphoric acid groups is 1. The molecule has 0 aromatic heterocycles. The van der Waals surface area contributed by atoms with Gasteiger partial charge in [-0.2, -0.15) is 0 Å². The van der Waals surface area contributed by atoms with Crippen molar-refractivity contribution in [1.82, 2.24) is 0 Å². The number of hydrogen-bond acceptors (Lipinski definition) is 8. The van der Waals surface area contributed by atoms with Crippen LogP contribution in [0.2, 0.25) is 0 Å². The second-order valence-corrected chi connectivity index (χ2v) is 11.1. The second kappa shape index (κ2) is 12.0. The van der Waals surface area contributed by atoms with Crippen LogP contribution in [0.15, 0.2) is 48.5 Å². The van der Waals surface area contributed by atoms with Crippen LogP contribution >= 0.6 is 7.82 Å². The number of hydrogen-bond donors (Lipinski definition) is 1. The molecular formula is C25H36NO7P. The van der Waals surface area contributed by atoms with Gasteiger partial charge in [0.05, 0.1) is 17.8 Å². The summed E-state index contributed by atoms with van der Waals surface area (Å²) in [6.07, 6.45) is 0. The highest BCUT2D eigenvalue weighted by atomic mass is 31.2. The summed E-state index contributed by atoms with van der Waals surface area (Å²) in [7, 11) is -3.79. The maximum absolute atomic E-state index is 13.0. The van der Waals surface area contributed by atoms with Crippen LogP contribution in [0.1, 0.15) is 57.5 Å². The van der Waals surface area contributed by atoms with E-state index in [9.17, 15) is 9.36 Å². The third kappa shape index (κ3) is 9.95. The van der Waals surface area contributed by atoms with Gasteiger partial charge >= 0.3 is 7.82 Å². The molecule has 0 saturated heterocycles. The fourth-order valence-corrected chi connectivity index (χ4v) is 4.58. The first kappa shape index (κ1) is 28.0. The molecule has 0 amide bonds. The van der Waals surface area contributed by atoms with Crippen LogP contribution in [0.5, 0.6) is 11.5 Å². The summed E-state index contributed by atoms with van der Waals surface area (Å²) < 4.78 is 40.7. The van der Waals surface area contributed by atoms with Gasteiger partial charge in [-0.15, -0.1) is 0 Å².